The molecule has 0 unspecified atom stereocenters. The van der Waals surface area contributed by atoms with Gasteiger partial charge in [0.05, 0.1) is 6.26 Å². The molecule has 0 bridgehead atoms. The minimum absolute atomic E-state index is 0.536. The molecular weight excluding hydrogens is 148 g/mol. The summed E-state index contributed by atoms with van der Waals surface area (Å²) in [5, 5.41) is 1.24. The summed E-state index contributed by atoms with van der Waals surface area (Å²) in [5.41, 5.74) is 2.28. The van der Waals surface area contributed by atoms with Crippen LogP contribution in [0.4, 0.5) is 0 Å². The summed E-state index contributed by atoms with van der Waals surface area (Å²) in [7, 11) is 0. The van der Waals surface area contributed by atoms with Crippen LogP contribution in [0.2, 0.25) is 0 Å². The van der Waals surface area contributed by atoms with Crippen LogP contribution in [-0.2, 0) is 0 Å². The zero-order valence-electron chi connectivity index (χ0n) is 8.22. The summed E-state index contributed by atoms with van der Waals surface area (Å²) in [6.45, 7) is 8.40. The molecule has 1 rings (SSSR count). The standard InChI is InChI=1S/C11H16O/c1-5-9-10(8(3)4)7-12-11(9)6-2/h5-8H,1-4H3/b9-5-,11-6+. The highest BCUT2D eigenvalue weighted by Gasteiger charge is 2.03. The molecule has 0 aromatic carbocycles. The molecule has 1 nitrogen and oxygen atoms in total. The molecule has 0 saturated heterocycles. The Labute approximate surface area is 73.4 Å². The first-order valence-corrected chi connectivity index (χ1v) is 4.40. The van der Waals surface area contributed by atoms with E-state index in [9.17, 15) is 0 Å². The second kappa shape index (κ2) is 3.61. The Morgan fingerprint density at radius 1 is 1.25 bits per heavy atom. The summed E-state index contributed by atoms with van der Waals surface area (Å²) >= 11 is 0. The van der Waals surface area contributed by atoms with Gasteiger partial charge in [0.15, 0.2) is 0 Å². The monoisotopic (exact) mass is 164 g/mol. The van der Waals surface area contributed by atoms with Crippen molar-refractivity contribution in [2.45, 2.75) is 33.6 Å². The van der Waals surface area contributed by atoms with E-state index >= 15 is 0 Å². The first-order valence-electron chi connectivity index (χ1n) is 4.40. The van der Waals surface area contributed by atoms with Crippen LogP contribution in [0.5, 0.6) is 0 Å². The van der Waals surface area contributed by atoms with Gasteiger partial charge in [-0.25, -0.2) is 0 Å². The van der Waals surface area contributed by atoms with Gasteiger partial charge in [-0.15, -0.1) is 0 Å². The normalized spacial score (nSPS) is 14.8. The largest absolute Gasteiger partial charge is 0.464 e. The van der Waals surface area contributed by atoms with Gasteiger partial charge in [0.1, 0.15) is 5.42 Å². The fraction of sp³-hybridized carbons (Fsp3) is 0.455. The van der Waals surface area contributed by atoms with Crippen LogP contribution in [0, 0.1) is 0 Å². The summed E-state index contributed by atoms with van der Waals surface area (Å²) in [4.78, 5) is 0. The maximum atomic E-state index is 5.41. The van der Waals surface area contributed by atoms with Crippen LogP contribution < -0.4 is 10.6 Å². The van der Waals surface area contributed by atoms with Crippen LogP contribution >= 0.6 is 0 Å². The first kappa shape index (κ1) is 9.11. The van der Waals surface area contributed by atoms with Crippen molar-refractivity contribution < 1.29 is 4.42 Å². The highest BCUT2D eigenvalue weighted by molar-refractivity contribution is 5.30. The van der Waals surface area contributed by atoms with E-state index in [0.29, 0.717) is 5.92 Å². The third-order valence-corrected chi connectivity index (χ3v) is 2.06. The van der Waals surface area contributed by atoms with E-state index in [0.717, 1.165) is 5.42 Å². The van der Waals surface area contributed by atoms with Crippen LogP contribution in [-0.4, -0.2) is 0 Å². The molecule has 0 N–H and O–H groups in total. The van der Waals surface area contributed by atoms with Gasteiger partial charge in [-0.05, 0) is 25.8 Å². The van der Waals surface area contributed by atoms with E-state index in [2.05, 4.69) is 19.9 Å². The first-order chi connectivity index (χ1) is 5.70. The van der Waals surface area contributed by atoms with Crippen molar-refractivity contribution in [1.29, 1.82) is 0 Å². The summed E-state index contributed by atoms with van der Waals surface area (Å²) in [6, 6.07) is 0. The number of rotatable bonds is 1. The van der Waals surface area contributed by atoms with Crippen LogP contribution in [0.15, 0.2) is 10.7 Å². The number of hydrogen-bond acceptors (Lipinski definition) is 1. The van der Waals surface area contributed by atoms with Gasteiger partial charge in [-0.2, -0.15) is 0 Å². The van der Waals surface area contributed by atoms with Gasteiger partial charge in [-0.1, -0.05) is 19.9 Å². The number of hydrogen-bond donors (Lipinski definition) is 0. The maximum absolute atomic E-state index is 5.41. The van der Waals surface area contributed by atoms with Gasteiger partial charge < -0.3 is 4.42 Å². The quantitative estimate of drug-likeness (QED) is 0.618. The van der Waals surface area contributed by atoms with Crippen LogP contribution in [0.25, 0.3) is 12.2 Å². The van der Waals surface area contributed by atoms with Crippen molar-refractivity contribution in [2.75, 3.05) is 0 Å². The molecule has 0 aliphatic heterocycles. The molecule has 0 amide bonds. The van der Waals surface area contributed by atoms with Gasteiger partial charge >= 0.3 is 0 Å². The van der Waals surface area contributed by atoms with Crippen molar-refractivity contribution in [3.05, 3.63) is 22.5 Å². The molecule has 1 heterocycles. The molecule has 0 aliphatic rings. The minimum atomic E-state index is 0.536. The molecule has 0 atom stereocenters. The predicted molar refractivity (Wildman–Crippen MR) is 52.3 cm³/mol. The van der Waals surface area contributed by atoms with Gasteiger partial charge in [0.2, 0.25) is 0 Å². The summed E-state index contributed by atoms with van der Waals surface area (Å²) in [5.74, 6) is 0.536. The molecule has 12 heavy (non-hydrogen) atoms. The van der Waals surface area contributed by atoms with Crippen LogP contribution in [0.3, 0.4) is 0 Å². The van der Waals surface area contributed by atoms with Crippen molar-refractivity contribution in [2.24, 2.45) is 0 Å². The zero-order chi connectivity index (χ0) is 9.14. The lowest BCUT2D eigenvalue weighted by atomic mass is 10.1. The molecule has 66 valence electrons. The fourth-order valence-corrected chi connectivity index (χ4v) is 1.38. The second-order valence-electron chi connectivity index (χ2n) is 3.20. The third kappa shape index (κ3) is 1.45. The van der Waals surface area contributed by atoms with Crippen molar-refractivity contribution >= 4 is 12.2 Å². The molecule has 0 saturated carbocycles. The van der Waals surface area contributed by atoms with Crippen molar-refractivity contribution in [3.8, 4) is 0 Å². The average molecular weight is 164 g/mol. The Kier molecular flexibility index (Phi) is 2.74. The van der Waals surface area contributed by atoms with Crippen molar-refractivity contribution in [1.82, 2.24) is 0 Å². The van der Waals surface area contributed by atoms with Gasteiger partial charge in [0, 0.05) is 10.8 Å². The molecule has 1 aromatic heterocycles. The zero-order valence-corrected chi connectivity index (χ0v) is 8.22. The lowest BCUT2D eigenvalue weighted by Crippen LogP contribution is -2.22. The Bertz CT molecular complexity index is 355. The average Bonchev–Trinajstić information content (AvgIpc) is 2.46. The third-order valence-electron chi connectivity index (χ3n) is 2.06. The highest BCUT2D eigenvalue weighted by Crippen LogP contribution is 2.07. The lowest BCUT2D eigenvalue weighted by Gasteiger charge is -1.97. The Balaban J connectivity index is 3.46. The van der Waals surface area contributed by atoms with E-state index in [1.807, 2.05) is 26.2 Å². The molecule has 0 fully saturated rings. The fourth-order valence-electron chi connectivity index (χ4n) is 1.38. The van der Waals surface area contributed by atoms with E-state index in [4.69, 9.17) is 4.42 Å². The molecule has 0 spiro atoms. The molecule has 1 aromatic rings. The molecule has 0 radical (unpaired) electrons. The molecule has 0 aliphatic carbocycles. The van der Waals surface area contributed by atoms with Gasteiger partial charge in [-0.3, -0.25) is 0 Å². The van der Waals surface area contributed by atoms with E-state index in [-0.39, 0.29) is 0 Å². The summed E-state index contributed by atoms with van der Waals surface area (Å²) in [6.07, 6.45) is 5.96. The Morgan fingerprint density at radius 2 is 1.92 bits per heavy atom. The van der Waals surface area contributed by atoms with E-state index < -0.39 is 0 Å². The Hall–Kier alpha value is -0.980. The number of furan rings is 1. The van der Waals surface area contributed by atoms with E-state index in [1.165, 1.54) is 10.8 Å². The molecular formula is C11H16O. The highest BCUT2D eigenvalue weighted by atomic mass is 16.3. The Morgan fingerprint density at radius 3 is 2.33 bits per heavy atom. The van der Waals surface area contributed by atoms with Gasteiger partial charge in [0.25, 0.3) is 0 Å². The maximum Gasteiger partial charge on any atom is 0.129 e. The summed E-state index contributed by atoms with van der Waals surface area (Å²) < 4.78 is 5.41. The minimum Gasteiger partial charge on any atom is -0.464 e. The van der Waals surface area contributed by atoms with E-state index in [1.54, 1.807) is 0 Å². The van der Waals surface area contributed by atoms with Crippen LogP contribution in [0.1, 0.15) is 39.2 Å². The lowest BCUT2D eigenvalue weighted by molar-refractivity contribution is 0.527. The smallest absolute Gasteiger partial charge is 0.129 e. The second-order valence-corrected chi connectivity index (χ2v) is 3.20. The van der Waals surface area contributed by atoms with Crippen molar-refractivity contribution in [3.63, 3.8) is 0 Å². The topological polar surface area (TPSA) is 13.1 Å². The SMILES string of the molecule is C/C=c1/c(C(C)C)co/c1=C/C. The molecule has 1 heteroatoms. The predicted octanol–water partition coefficient (Wildman–Crippen LogP) is 2.00.